The van der Waals surface area contributed by atoms with Gasteiger partial charge in [0.25, 0.3) is 11.6 Å². The predicted molar refractivity (Wildman–Crippen MR) is 83.7 cm³/mol. The molecule has 0 radical (unpaired) electrons. The Hall–Kier alpha value is -2.11. The average molecular weight is 293 g/mol. The van der Waals surface area contributed by atoms with Crippen molar-refractivity contribution >= 4 is 17.3 Å². The van der Waals surface area contributed by atoms with Crippen LogP contribution < -0.4 is 10.6 Å². The number of amides is 1. The molecule has 0 saturated heterocycles. The molecule has 2 N–H and O–H groups in total. The van der Waals surface area contributed by atoms with Crippen LogP contribution in [0.25, 0.3) is 0 Å². The largest absolute Gasteiger partial charge is 0.384 e. The van der Waals surface area contributed by atoms with Gasteiger partial charge in [-0.05, 0) is 25.3 Å². The lowest BCUT2D eigenvalue weighted by atomic mass is 10.1. The Bertz CT molecular complexity index is 499. The number of carbonyl (C=O) groups is 1. The van der Waals surface area contributed by atoms with Gasteiger partial charge < -0.3 is 10.6 Å². The zero-order chi connectivity index (χ0) is 15.8. The van der Waals surface area contributed by atoms with Crippen LogP contribution in [0.1, 0.15) is 50.4 Å². The van der Waals surface area contributed by atoms with E-state index < -0.39 is 4.92 Å². The van der Waals surface area contributed by atoms with Crippen LogP contribution in [-0.2, 0) is 0 Å². The summed E-state index contributed by atoms with van der Waals surface area (Å²) in [5, 5.41) is 16.9. The number of carbonyl (C=O) groups excluding carboxylic acids is 1. The van der Waals surface area contributed by atoms with E-state index in [9.17, 15) is 14.9 Å². The van der Waals surface area contributed by atoms with Gasteiger partial charge in [-0.1, -0.05) is 20.8 Å². The predicted octanol–water partition coefficient (Wildman–Crippen LogP) is 3.34. The molecule has 0 aliphatic rings. The van der Waals surface area contributed by atoms with E-state index in [0.717, 1.165) is 19.3 Å². The van der Waals surface area contributed by atoms with Crippen molar-refractivity contribution in [2.75, 3.05) is 11.9 Å². The van der Waals surface area contributed by atoms with Gasteiger partial charge in [-0.25, -0.2) is 0 Å². The summed E-state index contributed by atoms with van der Waals surface area (Å²) < 4.78 is 0. The molecule has 0 bridgehead atoms. The Morgan fingerprint density at radius 1 is 1.29 bits per heavy atom. The minimum Gasteiger partial charge on any atom is -0.384 e. The Morgan fingerprint density at radius 3 is 2.48 bits per heavy atom. The second-order valence-corrected chi connectivity index (χ2v) is 4.90. The average Bonchev–Trinajstić information content (AvgIpc) is 2.49. The summed E-state index contributed by atoms with van der Waals surface area (Å²) in [6.45, 7) is 6.72. The number of nitrogens with zero attached hydrogens (tertiary/aromatic N) is 1. The maximum atomic E-state index is 12.4. The highest BCUT2D eigenvalue weighted by molar-refractivity contribution is 6.00. The molecule has 0 saturated carbocycles. The third-order valence-corrected chi connectivity index (χ3v) is 3.34. The first-order chi connectivity index (χ1) is 10.0. The first-order valence-corrected chi connectivity index (χ1v) is 7.36. The van der Waals surface area contributed by atoms with Gasteiger partial charge >= 0.3 is 0 Å². The molecule has 0 fully saturated rings. The fraction of sp³-hybridized carbons (Fsp3) is 0.533. The number of nitrogens with one attached hydrogen (secondary N) is 2. The molecule has 0 heterocycles. The number of hydrogen-bond donors (Lipinski definition) is 2. The molecule has 1 aromatic carbocycles. The van der Waals surface area contributed by atoms with Crippen LogP contribution in [-0.4, -0.2) is 23.4 Å². The third-order valence-electron chi connectivity index (χ3n) is 3.34. The molecule has 6 heteroatoms. The van der Waals surface area contributed by atoms with Crippen LogP contribution >= 0.6 is 0 Å². The summed E-state index contributed by atoms with van der Waals surface area (Å²) >= 11 is 0. The van der Waals surface area contributed by atoms with E-state index in [4.69, 9.17) is 0 Å². The molecule has 116 valence electrons. The molecule has 1 rings (SSSR count). The van der Waals surface area contributed by atoms with Gasteiger partial charge in [0.2, 0.25) is 0 Å². The number of nitro groups is 1. The quantitative estimate of drug-likeness (QED) is 0.568. The summed E-state index contributed by atoms with van der Waals surface area (Å²) in [6, 6.07) is 4.41. The molecule has 6 nitrogen and oxygen atoms in total. The molecule has 1 amide bonds. The van der Waals surface area contributed by atoms with Crippen molar-refractivity contribution < 1.29 is 9.72 Å². The summed E-state index contributed by atoms with van der Waals surface area (Å²) in [7, 11) is 0. The van der Waals surface area contributed by atoms with Gasteiger partial charge in [-0.15, -0.1) is 0 Å². The Labute approximate surface area is 125 Å². The summed E-state index contributed by atoms with van der Waals surface area (Å²) in [4.78, 5) is 22.8. The van der Waals surface area contributed by atoms with Crippen LogP contribution in [0.15, 0.2) is 18.2 Å². The molecule has 0 unspecified atom stereocenters. The summed E-state index contributed by atoms with van der Waals surface area (Å²) in [5.74, 6) is -0.272. The van der Waals surface area contributed by atoms with E-state index in [2.05, 4.69) is 10.6 Å². The monoisotopic (exact) mass is 293 g/mol. The second kappa shape index (κ2) is 8.24. The molecular formula is C15H23N3O3. The first kappa shape index (κ1) is 16.9. The Balaban J connectivity index is 3.06. The van der Waals surface area contributed by atoms with Gasteiger partial charge in [0, 0.05) is 30.4 Å². The van der Waals surface area contributed by atoms with Crippen LogP contribution in [0.5, 0.6) is 0 Å². The highest BCUT2D eigenvalue weighted by Gasteiger charge is 2.18. The fourth-order valence-electron chi connectivity index (χ4n) is 2.00. The van der Waals surface area contributed by atoms with Crippen LogP contribution in [0.2, 0.25) is 0 Å². The maximum Gasteiger partial charge on any atom is 0.270 e. The first-order valence-electron chi connectivity index (χ1n) is 7.36. The second-order valence-electron chi connectivity index (χ2n) is 4.90. The fourth-order valence-corrected chi connectivity index (χ4v) is 2.00. The van der Waals surface area contributed by atoms with Crippen molar-refractivity contribution in [1.29, 1.82) is 0 Å². The standard InChI is InChI=1S/C15H23N3O3/c1-4-9-16-14-8-7-12(18(20)21)10-13(14)15(19)17-11(5-2)6-3/h7-8,10-11,16H,4-6,9H2,1-3H3,(H,17,19). The topological polar surface area (TPSA) is 84.3 Å². The molecular weight excluding hydrogens is 270 g/mol. The van der Waals surface area contributed by atoms with Gasteiger partial charge in [0.15, 0.2) is 0 Å². The Kier molecular flexibility index (Phi) is 6.65. The highest BCUT2D eigenvalue weighted by atomic mass is 16.6. The normalized spacial score (nSPS) is 10.5. The summed E-state index contributed by atoms with van der Waals surface area (Å²) in [5.41, 5.74) is 0.877. The van der Waals surface area contributed by atoms with Gasteiger partial charge in [-0.3, -0.25) is 14.9 Å². The van der Waals surface area contributed by atoms with E-state index in [1.54, 1.807) is 6.07 Å². The number of nitro benzene ring substituents is 1. The zero-order valence-corrected chi connectivity index (χ0v) is 12.8. The van der Waals surface area contributed by atoms with Gasteiger partial charge in [-0.2, -0.15) is 0 Å². The number of benzene rings is 1. The van der Waals surface area contributed by atoms with E-state index in [1.807, 2.05) is 20.8 Å². The van der Waals surface area contributed by atoms with Crippen LogP contribution in [0, 0.1) is 10.1 Å². The smallest absolute Gasteiger partial charge is 0.270 e. The number of rotatable bonds is 8. The van der Waals surface area contributed by atoms with Crippen molar-refractivity contribution in [1.82, 2.24) is 5.32 Å². The molecule has 0 atom stereocenters. The van der Waals surface area contributed by atoms with E-state index >= 15 is 0 Å². The molecule has 0 spiro atoms. The lowest BCUT2D eigenvalue weighted by Crippen LogP contribution is -2.34. The molecule has 1 aromatic rings. The number of hydrogen-bond acceptors (Lipinski definition) is 4. The van der Waals surface area contributed by atoms with Crippen LogP contribution in [0.3, 0.4) is 0 Å². The molecule has 0 aliphatic carbocycles. The van der Waals surface area contributed by atoms with E-state index in [1.165, 1.54) is 12.1 Å². The van der Waals surface area contributed by atoms with Gasteiger partial charge in [0.1, 0.15) is 0 Å². The molecule has 0 aromatic heterocycles. The Morgan fingerprint density at radius 2 is 1.95 bits per heavy atom. The highest BCUT2D eigenvalue weighted by Crippen LogP contribution is 2.22. The maximum absolute atomic E-state index is 12.4. The SMILES string of the molecule is CCCNc1ccc([N+](=O)[O-])cc1C(=O)NC(CC)CC. The number of non-ortho nitro benzene ring substituents is 1. The molecule has 0 aliphatic heterocycles. The van der Waals surface area contributed by atoms with E-state index in [0.29, 0.717) is 17.8 Å². The van der Waals surface area contributed by atoms with Gasteiger partial charge in [0.05, 0.1) is 10.5 Å². The zero-order valence-electron chi connectivity index (χ0n) is 12.8. The van der Waals surface area contributed by atoms with Crippen molar-refractivity contribution in [2.24, 2.45) is 0 Å². The summed E-state index contributed by atoms with van der Waals surface area (Å²) in [6.07, 6.45) is 2.56. The third kappa shape index (κ3) is 4.73. The number of anilines is 1. The minimum atomic E-state index is -0.489. The van der Waals surface area contributed by atoms with E-state index in [-0.39, 0.29) is 17.6 Å². The minimum absolute atomic E-state index is 0.0771. The lowest BCUT2D eigenvalue weighted by Gasteiger charge is -2.17. The van der Waals surface area contributed by atoms with Crippen LogP contribution in [0.4, 0.5) is 11.4 Å². The lowest BCUT2D eigenvalue weighted by molar-refractivity contribution is -0.384. The van der Waals surface area contributed by atoms with Crippen molar-refractivity contribution in [3.63, 3.8) is 0 Å². The van der Waals surface area contributed by atoms with Crippen molar-refractivity contribution in [3.8, 4) is 0 Å². The molecule has 21 heavy (non-hydrogen) atoms. The van der Waals surface area contributed by atoms with Crippen molar-refractivity contribution in [2.45, 2.75) is 46.1 Å². The van der Waals surface area contributed by atoms with Crippen molar-refractivity contribution in [3.05, 3.63) is 33.9 Å².